The number of likely N-dealkylation sites (N-methyl/N-ethyl adjacent to an activating group) is 1. The van der Waals surface area contributed by atoms with Crippen molar-refractivity contribution >= 4 is 35.0 Å². The summed E-state index contributed by atoms with van der Waals surface area (Å²) in [4.78, 5) is 29.6. The lowest BCUT2D eigenvalue weighted by Crippen LogP contribution is -2.35. The molecular weight excluding hydrogens is 504 g/mol. The number of hydrogen-bond donors (Lipinski definition) is 1. The van der Waals surface area contributed by atoms with Gasteiger partial charge in [0.2, 0.25) is 11.9 Å². The van der Waals surface area contributed by atoms with Crippen LogP contribution in [0.3, 0.4) is 0 Å². The number of halogens is 1. The van der Waals surface area contributed by atoms with Gasteiger partial charge in [-0.25, -0.2) is 15.0 Å². The molecule has 2 aromatic heterocycles. The predicted octanol–water partition coefficient (Wildman–Crippen LogP) is 5.13. The normalized spacial score (nSPS) is 11.2. The summed E-state index contributed by atoms with van der Waals surface area (Å²) in [7, 11) is 5.41. The fraction of sp³-hybridized carbons (Fsp3) is 0.429. The molecule has 0 saturated carbocycles. The van der Waals surface area contributed by atoms with Crippen LogP contribution < -0.4 is 15.0 Å². The topological polar surface area (TPSA) is 92.7 Å². The van der Waals surface area contributed by atoms with Gasteiger partial charge < -0.3 is 24.6 Å². The minimum atomic E-state index is -0.330. The van der Waals surface area contributed by atoms with Gasteiger partial charge >= 0.3 is 0 Å². The smallest absolute Gasteiger partial charge is 0.248 e. The SMILES string of the molecule is COc1ccc(Nc2nccc(-c3ccc(N(C)CCCN(C)C(=O)COC(C)(C)C)nc3)n2)cc1CCl. The molecule has 0 unspecified atom stereocenters. The highest BCUT2D eigenvalue weighted by Crippen LogP contribution is 2.26. The second-order valence-corrected chi connectivity index (χ2v) is 10.2. The summed E-state index contributed by atoms with van der Waals surface area (Å²) in [6.07, 6.45) is 4.33. The highest BCUT2D eigenvalue weighted by atomic mass is 35.5. The maximum atomic E-state index is 12.2. The van der Waals surface area contributed by atoms with Crippen molar-refractivity contribution in [1.82, 2.24) is 19.9 Å². The zero-order chi connectivity index (χ0) is 27.7. The van der Waals surface area contributed by atoms with Gasteiger partial charge in [0.15, 0.2) is 0 Å². The Labute approximate surface area is 230 Å². The van der Waals surface area contributed by atoms with E-state index in [0.29, 0.717) is 18.4 Å². The van der Waals surface area contributed by atoms with Gasteiger partial charge in [0.05, 0.1) is 24.3 Å². The number of ether oxygens (including phenoxy) is 2. The molecule has 0 radical (unpaired) electrons. The molecule has 0 aliphatic carbocycles. The molecule has 10 heteroatoms. The Morgan fingerprint density at radius 3 is 2.53 bits per heavy atom. The average Bonchev–Trinajstić information content (AvgIpc) is 2.91. The van der Waals surface area contributed by atoms with Crippen molar-refractivity contribution in [1.29, 1.82) is 0 Å². The van der Waals surface area contributed by atoms with Gasteiger partial charge in [-0.2, -0.15) is 0 Å². The number of alkyl halides is 1. The Hall–Kier alpha value is -3.43. The highest BCUT2D eigenvalue weighted by Gasteiger charge is 2.16. The summed E-state index contributed by atoms with van der Waals surface area (Å²) < 4.78 is 10.9. The number of hydrogen-bond acceptors (Lipinski definition) is 8. The first-order valence-electron chi connectivity index (χ1n) is 12.5. The summed E-state index contributed by atoms with van der Waals surface area (Å²) in [6, 6.07) is 11.5. The molecule has 1 aromatic carbocycles. The van der Waals surface area contributed by atoms with Crippen molar-refractivity contribution in [2.24, 2.45) is 0 Å². The molecule has 0 aliphatic rings. The van der Waals surface area contributed by atoms with Crippen molar-refractivity contribution in [3.05, 3.63) is 54.4 Å². The lowest BCUT2D eigenvalue weighted by Gasteiger charge is -2.24. The van der Waals surface area contributed by atoms with Crippen LogP contribution in [0.15, 0.2) is 48.8 Å². The number of nitrogens with zero attached hydrogens (tertiary/aromatic N) is 5. The zero-order valence-corrected chi connectivity index (χ0v) is 23.7. The number of anilines is 3. The molecule has 1 N–H and O–H groups in total. The molecule has 2 heterocycles. The molecule has 0 saturated heterocycles. The molecule has 9 nitrogen and oxygen atoms in total. The fourth-order valence-corrected chi connectivity index (χ4v) is 3.81. The Kier molecular flexibility index (Phi) is 10.3. The third-order valence-corrected chi connectivity index (χ3v) is 6.10. The van der Waals surface area contributed by atoms with Crippen LogP contribution in [0.1, 0.15) is 32.8 Å². The molecular formula is C28H37ClN6O3. The standard InChI is InChI=1S/C28H37ClN6O3/c1-28(2,3)38-19-26(36)35(5)15-7-14-34(4)25-11-8-20(18-31-25)23-12-13-30-27(33-23)32-22-9-10-24(37-6)21(16-22)17-29/h8-13,16,18H,7,14-15,17,19H2,1-6H3,(H,30,32,33). The highest BCUT2D eigenvalue weighted by molar-refractivity contribution is 6.17. The first-order valence-corrected chi connectivity index (χ1v) is 13.0. The van der Waals surface area contributed by atoms with Gasteiger partial charge in [-0.15, -0.1) is 11.6 Å². The fourth-order valence-electron chi connectivity index (χ4n) is 3.61. The van der Waals surface area contributed by atoms with Crippen molar-refractivity contribution in [3.8, 4) is 17.0 Å². The number of methoxy groups -OCH3 is 1. The maximum absolute atomic E-state index is 12.2. The van der Waals surface area contributed by atoms with Crippen molar-refractivity contribution < 1.29 is 14.3 Å². The van der Waals surface area contributed by atoms with E-state index in [9.17, 15) is 4.79 Å². The maximum Gasteiger partial charge on any atom is 0.248 e. The molecule has 0 fully saturated rings. The Morgan fingerprint density at radius 2 is 1.87 bits per heavy atom. The number of nitrogens with one attached hydrogen (secondary N) is 1. The first-order chi connectivity index (χ1) is 18.1. The van der Waals surface area contributed by atoms with Gasteiger partial charge in [-0.1, -0.05) is 0 Å². The van der Waals surface area contributed by atoms with E-state index in [1.54, 1.807) is 31.5 Å². The van der Waals surface area contributed by atoms with Crippen molar-refractivity contribution in [2.75, 3.05) is 51.1 Å². The van der Waals surface area contributed by atoms with Crippen LogP contribution in [0, 0.1) is 0 Å². The number of rotatable bonds is 12. The minimum absolute atomic E-state index is 0.0183. The van der Waals surface area contributed by atoms with Crippen molar-refractivity contribution in [3.63, 3.8) is 0 Å². The number of aromatic nitrogens is 3. The molecule has 0 spiro atoms. The summed E-state index contributed by atoms with van der Waals surface area (Å²) >= 11 is 6.04. The Balaban J connectivity index is 1.55. The first kappa shape index (κ1) is 29.1. The number of carbonyl (C=O) groups excluding carboxylic acids is 1. The summed E-state index contributed by atoms with van der Waals surface area (Å²) in [5, 5.41) is 3.22. The number of carbonyl (C=O) groups is 1. The summed E-state index contributed by atoms with van der Waals surface area (Å²) in [6.45, 7) is 7.31. The second kappa shape index (κ2) is 13.4. The van der Waals surface area contributed by atoms with Gasteiger partial charge in [-0.05, 0) is 63.6 Å². The molecule has 1 amide bonds. The lowest BCUT2D eigenvalue weighted by molar-refractivity contribution is -0.139. The third kappa shape index (κ3) is 8.56. The second-order valence-electron chi connectivity index (χ2n) is 9.95. The van der Waals surface area contributed by atoms with E-state index >= 15 is 0 Å². The van der Waals surface area contributed by atoms with Crippen LogP contribution >= 0.6 is 11.6 Å². The van der Waals surface area contributed by atoms with Gasteiger partial charge in [0.1, 0.15) is 18.2 Å². The zero-order valence-electron chi connectivity index (χ0n) is 23.0. The molecule has 3 aromatic rings. The number of benzene rings is 1. The van der Waals surface area contributed by atoms with E-state index in [1.807, 2.05) is 64.2 Å². The Bertz CT molecular complexity index is 1200. The van der Waals surface area contributed by atoms with Crippen LogP contribution in [0.2, 0.25) is 0 Å². The minimum Gasteiger partial charge on any atom is -0.496 e. The van der Waals surface area contributed by atoms with Gasteiger partial charge in [0, 0.05) is 56.4 Å². The molecule has 38 heavy (non-hydrogen) atoms. The van der Waals surface area contributed by atoms with Crippen LogP contribution in [-0.2, 0) is 15.4 Å². The molecule has 3 rings (SSSR count). The molecule has 204 valence electrons. The van der Waals surface area contributed by atoms with E-state index < -0.39 is 0 Å². The van der Waals surface area contributed by atoms with E-state index in [4.69, 9.17) is 21.1 Å². The predicted molar refractivity (Wildman–Crippen MR) is 152 cm³/mol. The van der Waals surface area contributed by atoms with Crippen molar-refractivity contribution in [2.45, 2.75) is 38.7 Å². The average molecular weight is 541 g/mol. The van der Waals surface area contributed by atoms with Crippen LogP contribution in [0.4, 0.5) is 17.5 Å². The molecule has 0 aliphatic heterocycles. The van der Waals surface area contributed by atoms with Crippen LogP contribution in [-0.4, -0.2) is 72.3 Å². The number of pyridine rings is 1. The summed E-state index contributed by atoms with van der Waals surface area (Å²) in [5.41, 5.74) is 3.01. The molecule has 0 bridgehead atoms. The Morgan fingerprint density at radius 1 is 1.08 bits per heavy atom. The lowest BCUT2D eigenvalue weighted by atomic mass is 10.2. The largest absolute Gasteiger partial charge is 0.496 e. The van der Waals surface area contributed by atoms with Gasteiger partial charge in [0.25, 0.3) is 0 Å². The van der Waals surface area contributed by atoms with Gasteiger partial charge in [-0.3, -0.25) is 4.79 Å². The van der Waals surface area contributed by atoms with E-state index in [1.165, 1.54) is 0 Å². The van der Waals surface area contributed by atoms with E-state index in [-0.39, 0.29) is 18.1 Å². The monoisotopic (exact) mass is 540 g/mol. The number of amides is 1. The van der Waals surface area contributed by atoms with Crippen LogP contribution in [0.25, 0.3) is 11.3 Å². The molecule has 0 atom stereocenters. The summed E-state index contributed by atoms with van der Waals surface area (Å²) in [5.74, 6) is 2.38. The van der Waals surface area contributed by atoms with E-state index in [0.717, 1.165) is 47.0 Å². The quantitative estimate of drug-likeness (QED) is 0.316. The van der Waals surface area contributed by atoms with E-state index in [2.05, 4.69) is 25.2 Å². The van der Waals surface area contributed by atoms with Crippen LogP contribution in [0.5, 0.6) is 5.75 Å². The third-order valence-electron chi connectivity index (χ3n) is 5.81.